The van der Waals surface area contributed by atoms with Crippen LogP contribution in [0.15, 0.2) is 108 Å². The monoisotopic (exact) mass is 869 g/mol. The van der Waals surface area contributed by atoms with Gasteiger partial charge in [0.25, 0.3) is 0 Å². The van der Waals surface area contributed by atoms with Gasteiger partial charge in [-0.05, 0) is 49.9 Å². The number of aryl methyl sites for hydroxylation is 3. The van der Waals surface area contributed by atoms with Gasteiger partial charge in [-0.2, -0.15) is 0 Å². The minimum atomic E-state index is -1.72. The number of fused-ring (bicyclic) bond motifs is 3. The number of nitrogens with zero attached hydrogens (tertiary/aromatic N) is 2. The van der Waals surface area contributed by atoms with Crippen molar-refractivity contribution in [3.8, 4) is 33.6 Å². The van der Waals surface area contributed by atoms with Crippen LogP contribution in [-0.4, -0.2) is 23.2 Å². The standard InChI is InChI=1S/C29H26NO.C14H16GeN.Ir/c1-17(2)21-12-13-30-25(16-21)22-10-11-24(27-19(4)14-18(3)15-20(27)5)28-23-8-6-7-9-26(23)31-29(22)28;1-15(2,3)13-9-10-14(16-11-13)12-7-5-4-6-8-12;/h6-9,11-17H,1-5H3;4-7,9-11H,1-3H3;/q2*-1;. The Morgan fingerprint density at radius 3 is 2.15 bits per heavy atom. The van der Waals surface area contributed by atoms with E-state index in [-0.39, 0.29) is 20.1 Å². The van der Waals surface area contributed by atoms with Gasteiger partial charge >= 0.3 is 99.8 Å². The van der Waals surface area contributed by atoms with Gasteiger partial charge in [-0.25, -0.2) is 0 Å². The van der Waals surface area contributed by atoms with Crippen molar-refractivity contribution < 1.29 is 24.5 Å². The van der Waals surface area contributed by atoms with Crippen LogP contribution in [0.5, 0.6) is 0 Å². The van der Waals surface area contributed by atoms with Crippen molar-refractivity contribution in [1.29, 1.82) is 0 Å². The molecule has 0 atom stereocenters. The van der Waals surface area contributed by atoms with Gasteiger partial charge in [-0.3, -0.25) is 0 Å². The number of aromatic nitrogens is 2. The summed E-state index contributed by atoms with van der Waals surface area (Å²) in [4.78, 5) is 9.20. The zero-order valence-corrected chi connectivity index (χ0v) is 33.5. The molecule has 7 aromatic rings. The molecule has 245 valence electrons. The van der Waals surface area contributed by atoms with Crippen molar-refractivity contribution in [1.82, 2.24) is 9.97 Å². The summed E-state index contributed by atoms with van der Waals surface area (Å²) in [5.74, 6) is 7.58. The van der Waals surface area contributed by atoms with Gasteiger partial charge < -0.3 is 9.40 Å². The molecule has 3 nitrogen and oxygen atoms in total. The first-order valence-electron chi connectivity index (χ1n) is 16.4. The molecule has 0 unspecified atom stereocenters. The molecule has 1 radical (unpaired) electrons. The topological polar surface area (TPSA) is 38.9 Å². The molecular weight excluding hydrogens is 825 g/mol. The second-order valence-electron chi connectivity index (χ2n) is 13.7. The summed E-state index contributed by atoms with van der Waals surface area (Å²) in [6, 6.07) is 38.2. The van der Waals surface area contributed by atoms with Crippen LogP contribution in [0.25, 0.3) is 55.6 Å². The first kappa shape index (κ1) is 35.5. The summed E-state index contributed by atoms with van der Waals surface area (Å²) in [5.41, 5.74) is 13.1. The van der Waals surface area contributed by atoms with Crippen molar-refractivity contribution in [2.45, 2.75) is 57.8 Å². The molecule has 0 aliphatic carbocycles. The molecule has 3 heterocycles. The van der Waals surface area contributed by atoms with Crippen LogP contribution in [0.2, 0.25) is 17.3 Å². The number of furan rings is 1. The summed E-state index contributed by atoms with van der Waals surface area (Å²) in [6.45, 7) is 10.9. The van der Waals surface area contributed by atoms with Crippen LogP contribution in [0.3, 0.4) is 0 Å². The number of benzene rings is 4. The van der Waals surface area contributed by atoms with Gasteiger partial charge in [0.2, 0.25) is 0 Å². The first-order valence-corrected chi connectivity index (χ1v) is 23.7. The quantitative estimate of drug-likeness (QED) is 0.128. The fraction of sp³-hybridized carbons (Fsp3) is 0.209. The van der Waals surface area contributed by atoms with Crippen molar-refractivity contribution in [3.63, 3.8) is 0 Å². The van der Waals surface area contributed by atoms with Crippen LogP contribution in [0.1, 0.15) is 42.0 Å². The van der Waals surface area contributed by atoms with Crippen LogP contribution in [0, 0.1) is 32.9 Å². The summed E-state index contributed by atoms with van der Waals surface area (Å²) in [5, 5.41) is 2.26. The Hall–Kier alpha value is -3.83. The minimum Gasteiger partial charge on any atom is 0 e. The Kier molecular flexibility index (Phi) is 10.9. The normalized spacial score (nSPS) is 11.4. The maximum atomic E-state index is 6.43. The molecule has 0 aliphatic heterocycles. The maximum absolute atomic E-state index is 6.43. The van der Waals surface area contributed by atoms with E-state index >= 15 is 0 Å². The molecule has 7 rings (SSSR count). The Morgan fingerprint density at radius 2 is 1.50 bits per heavy atom. The van der Waals surface area contributed by atoms with E-state index in [0.717, 1.165) is 44.5 Å². The SMILES string of the molecule is Cc1cc(C)c(-c2c[c-]c(-c3cc(C(C)C)ccn3)c3oc4ccccc4c23)c(C)c1.[CH3][Ge]([CH3])([CH3])[c]1ccc(-c2[c-]cccc2)nc1.[Ir]. The molecule has 48 heavy (non-hydrogen) atoms. The molecule has 5 heteroatoms. The molecule has 0 N–H and O–H groups in total. The Balaban J connectivity index is 0.000000224. The number of hydrogen-bond acceptors (Lipinski definition) is 3. The van der Waals surface area contributed by atoms with Gasteiger partial charge in [0.15, 0.2) is 0 Å². The van der Waals surface area contributed by atoms with E-state index in [1.54, 1.807) is 0 Å². The third kappa shape index (κ3) is 7.42. The number of rotatable bonds is 5. The molecule has 0 fully saturated rings. The fourth-order valence-corrected chi connectivity index (χ4v) is 8.43. The van der Waals surface area contributed by atoms with E-state index in [1.807, 2.05) is 48.8 Å². The molecule has 0 saturated carbocycles. The van der Waals surface area contributed by atoms with Crippen LogP contribution in [0.4, 0.5) is 0 Å². The van der Waals surface area contributed by atoms with Gasteiger partial charge in [-0.1, -0.05) is 89.2 Å². The third-order valence-corrected chi connectivity index (χ3v) is 13.0. The van der Waals surface area contributed by atoms with Gasteiger partial charge in [0.1, 0.15) is 5.58 Å². The number of pyridine rings is 2. The van der Waals surface area contributed by atoms with E-state index in [0.29, 0.717) is 5.92 Å². The number of hydrogen-bond donors (Lipinski definition) is 0. The molecule has 0 bridgehead atoms. The Labute approximate surface area is 301 Å². The van der Waals surface area contributed by atoms with Crippen molar-refractivity contribution >= 4 is 39.6 Å². The average Bonchev–Trinajstić information content (AvgIpc) is 3.45. The summed E-state index contributed by atoms with van der Waals surface area (Å²) >= 11 is -1.72. The molecule has 3 aromatic heterocycles. The van der Waals surface area contributed by atoms with E-state index in [9.17, 15) is 0 Å². The first-order chi connectivity index (χ1) is 22.5. The second kappa shape index (κ2) is 14.7. The maximum Gasteiger partial charge on any atom is 0 e. The predicted octanol–water partition coefficient (Wildman–Crippen LogP) is 11.3. The van der Waals surface area contributed by atoms with E-state index in [4.69, 9.17) is 4.42 Å². The van der Waals surface area contributed by atoms with E-state index in [2.05, 4.69) is 129 Å². The zero-order chi connectivity index (χ0) is 33.3. The molecule has 0 amide bonds. The van der Waals surface area contributed by atoms with E-state index < -0.39 is 13.3 Å². The van der Waals surface area contributed by atoms with Crippen molar-refractivity contribution in [2.24, 2.45) is 0 Å². The summed E-state index contributed by atoms with van der Waals surface area (Å²) in [6.07, 6.45) is 3.92. The largest absolute Gasteiger partial charge is 0 e. The fourth-order valence-electron chi connectivity index (χ4n) is 6.26. The Bertz CT molecular complexity index is 2160. The summed E-state index contributed by atoms with van der Waals surface area (Å²) in [7, 11) is 0. The Morgan fingerprint density at radius 1 is 0.771 bits per heavy atom. The van der Waals surface area contributed by atoms with Crippen molar-refractivity contribution in [2.75, 3.05) is 0 Å². The average molecular weight is 868 g/mol. The summed E-state index contributed by atoms with van der Waals surface area (Å²) < 4.78 is 7.88. The van der Waals surface area contributed by atoms with Crippen molar-refractivity contribution in [3.05, 3.63) is 138 Å². The third-order valence-electron chi connectivity index (χ3n) is 8.72. The van der Waals surface area contributed by atoms with Gasteiger partial charge in [-0.15, -0.1) is 12.1 Å². The zero-order valence-electron chi connectivity index (χ0n) is 29.0. The van der Waals surface area contributed by atoms with E-state index in [1.165, 1.54) is 37.8 Å². The number of para-hydroxylation sites is 1. The van der Waals surface area contributed by atoms with Crippen LogP contribution >= 0.6 is 0 Å². The second-order valence-corrected chi connectivity index (χ2v) is 24.4. The predicted molar refractivity (Wildman–Crippen MR) is 201 cm³/mol. The van der Waals surface area contributed by atoms with Gasteiger partial charge in [0, 0.05) is 31.7 Å². The molecule has 0 aliphatic rings. The smallest absolute Gasteiger partial charge is 0 e. The van der Waals surface area contributed by atoms with Crippen LogP contribution < -0.4 is 4.40 Å². The molecule has 4 aromatic carbocycles. The molecule has 0 spiro atoms. The van der Waals surface area contributed by atoms with Crippen LogP contribution in [-0.2, 0) is 20.1 Å². The minimum absolute atomic E-state index is 0. The molecular formula is C43H42GeIrN2O-2. The van der Waals surface area contributed by atoms with Gasteiger partial charge in [0.05, 0.1) is 5.58 Å². The molecule has 0 saturated heterocycles.